The third-order valence-corrected chi connectivity index (χ3v) is 4.05. The highest BCUT2D eigenvalue weighted by Gasteiger charge is 2.35. The van der Waals surface area contributed by atoms with Crippen LogP contribution < -0.4 is 0 Å². The third kappa shape index (κ3) is 3.59. The molecule has 3 rings (SSSR count). The van der Waals surface area contributed by atoms with Crippen LogP contribution in [0, 0.1) is 5.82 Å². The van der Waals surface area contributed by atoms with Gasteiger partial charge >= 0.3 is 0 Å². The minimum Gasteiger partial charge on any atom is -0.370 e. The molecule has 2 heterocycles. The molecule has 1 saturated heterocycles. The quantitative estimate of drug-likeness (QED) is 0.822. The van der Waals surface area contributed by atoms with E-state index in [9.17, 15) is 9.18 Å². The van der Waals surface area contributed by atoms with Crippen LogP contribution in [-0.2, 0) is 16.1 Å². The van der Waals surface area contributed by atoms with Gasteiger partial charge in [0.25, 0.3) is 0 Å². The molecule has 1 amide bonds. The lowest BCUT2D eigenvalue weighted by atomic mass is 10.1. The maximum Gasteiger partial charge on any atom is 0.247 e. The molecule has 0 bridgehead atoms. The third-order valence-electron chi connectivity index (χ3n) is 4.05. The largest absolute Gasteiger partial charge is 0.370 e. The van der Waals surface area contributed by atoms with Crippen LogP contribution in [0.2, 0.25) is 0 Å². The second-order valence-electron chi connectivity index (χ2n) is 5.72. The van der Waals surface area contributed by atoms with Crippen molar-refractivity contribution in [3.8, 4) is 0 Å². The van der Waals surface area contributed by atoms with Gasteiger partial charge in [0.2, 0.25) is 5.91 Å². The molecule has 0 aliphatic carbocycles. The van der Waals surface area contributed by atoms with E-state index in [4.69, 9.17) is 4.74 Å². The number of likely N-dealkylation sites (tertiary alicyclic amines) is 1. The highest BCUT2D eigenvalue weighted by molar-refractivity contribution is 5.81. The first-order valence-electron chi connectivity index (χ1n) is 7.81. The minimum atomic E-state index is -0.262. The van der Waals surface area contributed by atoms with E-state index >= 15 is 0 Å². The van der Waals surface area contributed by atoms with E-state index in [-0.39, 0.29) is 23.9 Å². The second-order valence-corrected chi connectivity index (χ2v) is 5.72. The summed E-state index contributed by atoms with van der Waals surface area (Å²) < 4.78 is 20.5. The van der Waals surface area contributed by atoms with Crippen molar-refractivity contribution >= 4 is 5.91 Å². The fourth-order valence-corrected chi connectivity index (χ4v) is 2.71. The number of hydrogen-bond donors (Lipinski definition) is 0. The van der Waals surface area contributed by atoms with Gasteiger partial charge in [0.15, 0.2) is 0 Å². The average molecular weight is 317 g/mol. The number of carbonyl (C=O) groups excluding carboxylic acids is 1. The van der Waals surface area contributed by atoms with Crippen LogP contribution in [0.15, 0.2) is 42.7 Å². The molecule has 1 fully saturated rings. The monoisotopic (exact) mass is 317 g/mol. The van der Waals surface area contributed by atoms with Gasteiger partial charge in [-0.1, -0.05) is 19.1 Å². The Hall–Kier alpha value is -2.21. The molecule has 0 radical (unpaired) electrons. The van der Waals surface area contributed by atoms with Gasteiger partial charge < -0.3 is 9.64 Å². The number of aromatic nitrogens is 2. The summed E-state index contributed by atoms with van der Waals surface area (Å²) >= 11 is 0. The van der Waals surface area contributed by atoms with Crippen LogP contribution in [0.4, 0.5) is 4.39 Å². The Morgan fingerprint density at radius 1 is 1.43 bits per heavy atom. The molecule has 23 heavy (non-hydrogen) atoms. The first-order chi connectivity index (χ1) is 11.2. The molecule has 1 aromatic heterocycles. The van der Waals surface area contributed by atoms with Crippen molar-refractivity contribution in [1.29, 1.82) is 0 Å². The molecular weight excluding hydrogens is 297 g/mol. The Morgan fingerprint density at radius 2 is 2.26 bits per heavy atom. The van der Waals surface area contributed by atoms with Crippen LogP contribution in [0.25, 0.3) is 0 Å². The summed E-state index contributed by atoms with van der Waals surface area (Å²) in [6.07, 6.45) is 4.20. The van der Waals surface area contributed by atoms with Crippen molar-refractivity contribution in [3.05, 3.63) is 54.1 Å². The van der Waals surface area contributed by atoms with Gasteiger partial charge in [-0.3, -0.25) is 9.48 Å². The lowest BCUT2D eigenvalue weighted by Gasteiger charge is -2.40. The topological polar surface area (TPSA) is 47.4 Å². The maximum atomic E-state index is 13.1. The van der Waals surface area contributed by atoms with Gasteiger partial charge in [-0.25, -0.2) is 4.39 Å². The van der Waals surface area contributed by atoms with E-state index < -0.39 is 0 Å². The molecule has 0 saturated carbocycles. The molecule has 1 aromatic carbocycles. The van der Waals surface area contributed by atoms with Crippen molar-refractivity contribution in [2.75, 3.05) is 13.1 Å². The smallest absolute Gasteiger partial charge is 0.247 e. The highest BCUT2D eigenvalue weighted by atomic mass is 19.1. The van der Waals surface area contributed by atoms with Crippen LogP contribution in [0.5, 0.6) is 0 Å². The summed E-state index contributed by atoms with van der Waals surface area (Å²) in [6.45, 7) is 3.49. The fraction of sp³-hybridized carbons (Fsp3) is 0.412. The zero-order chi connectivity index (χ0) is 16.2. The maximum absolute atomic E-state index is 13.1. The summed E-state index contributed by atoms with van der Waals surface area (Å²) in [5.41, 5.74) is 0.803. The number of ether oxygens (including phenoxy) is 1. The molecule has 5 nitrogen and oxygen atoms in total. The van der Waals surface area contributed by atoms with Crippen LogP contribution >= 0.6 is 0 Å². The Kier molecular flexibility index (Phi) is 4.71. The Labute approximate surface area is 134 Å². The van der Waals surface area contributed by atoms with Gasteiger partial charge in [-0.15, -0.1) is 0 Å². The van der Waals surface area contributed by atoms with Crippen molar-refractivity contribution < 1.29 is 13.9 Å². The van der Waals surface area contributed by atoms with E-state index in [0.717, 1.165) is 5.56 Å². The number of hydrogen-bond acceptors (Lipinski definition) is 3. The lowest BCUT2D eigenvalue weighted by molar-refractivity contribution is -0.149. The number of benzene rings is 1. The lowest BCUT2D eigenvalue weighted by Crippen LogP contribution is -2.56. The Morgan fingerprint density at radius 3 is 2.91 bits per heavy atom. The van der Waals surface area contributed by atoms with Gasteiger partial charge in [-0.05, 0) is 30.2 Å². The average Bonchev–Trinajstić information content (AvgIpc) is 3.00. The number of rotatable bonds is 6. The van der Waals surface area contributed by atoms with Gasteiger partial charge in [-0.2, -0.15) is 5.10 Å². The van der Waals surface area contributed by atoms with E-state index in [0.29, 0.717) is 26.1 Å². The highest BCUT2D eigenvalue weighted by Crippen LogP contribution is 2.21. The number of carbonyl (C=O) groups is 1. The summed E-state index contributed by atoms with van der Waals surface area (Å²) in [6, 6.07) is 7.93. The number of nitrogens with zero attached hydrogens (tertiary/aromatic N) is 3. The molecule has 1 aliphatic heterocycles. The van der Waals surface area contributed by atoms with Crippen molar-refractivity contribution in [2.24, 2.45) is 0 Å². The number of amides is 1. The SMILES string of the molecule is CC[C@@H](C(=O)N1CC(OCc2cccc(F)c2)C1)n1cccn1. The van der Waals surface area contributed by atoms with E-state index in [1.807, 2.05) is 25.3 Å². The van der Waals surface area contributed by atoms with Gasteiger partial charge in [0.05, 0.1) is 12.7 Å². The second kappa shape index (κ2) is 6.91. The van der Waals surface area contributed by atoms with Crippen molar-refractivity contribution in [1.82, 2.24) is 14.7 Å². The molecule has 122 valence electrons. The zero-order valence-corrected chi connectivity index (χ0v) is 13.1. The number of halogens is 1. The molecular formula is C17H20FN3O2. The standard InChI is InChI=1S/C17H20FN3O2/c1-2-16(21-8-4-7-19-21)17(22)20-10-15(11-20)23-12-13-5-3-6-14(18)9-13/h3-9,15-16H,2,10-12H2,1H3/t16-/m0/s1. The van der Waals surface area contributed by atoms with Crippen molar-refractivity contribution in [2.45, 2.75) is 32.1 Å². The molecule has 1 atom stereocenters. The summed E-state index contributed by atoms with van der Waals surface area (Å²) in [7, 11) is 0. The van der Waals surface area contributed by atoms with Crippen LogP contribution in [0.1, 0.15) is 24.9 Å². The molecule has 0 N–H and O–H groups in total. The van der Waals surface area contributed by atoms with Gasteiger partial charge in [0, 0.05) is 25.5 Å². The Balaban J connectivity index is 1.48. The molecule has 6 heteroatoms. The molecule has 0 spiro atoms. The van der Waals surface area contributed by atoms with Crippen molar-refractivity contribution in [3.63, 3.8) is 0 Å². The summed E-state index contributed by atoms with van der Waals surface area (Å²) in [5, 5.41) is 4.15. The molecule has 2 aromatic rings. The molecule has 0 unspecified atom stereocenters. The van der Waals surface area contributed by atoms with Crippen LogP contribution in [0.3, 0.4) is 0 Å². The minimum absolute atomic E-state index is 0.0114. The normalized spacial score (nSPS) is 16.2. The van der Waals surface area contributed by atoms with E-state index in [1.165, 1.54) is 12.1 Å². The summed E-state index contributed by atoms with van der Waals surface area (Å²) in [4.78, 5) is 14.3. The molecule has 1 aliphatic rings. The van der Waals surface area contributed by atoms with E-state index in [1.54, 1.807) is 21.8 Å². The first-order valence-corrected chi connectivity index (χ1v) is 7.81. The van der Waals surface area contributed by atoms with E-state index in [2.05, 4.69) is 5.10 Å². The predicted molar refractivity (Wildman–Crippen MR) is 83.1 cm³/mol. The first kappa shape index (κ1) is 15.7. The Bertz CT molecular complexity index is 654. The predicted octanol–water partition coefficient (Wildman–Crippen LogP) is 2.40. The van der Waals surface area contributed by atoms with Crippen LogP contribution in [-0.4, -0.2) is 39.8 Å². The fourth-order valence-electron chi connectivity index (χ4n) is 2.71. The summed E-state index contributed by atoms with van der Waals surface area (Å²) in [5.74, 6) is -0.191. The zero-order valence-electron chi connectivity index (χ0n) is 13.1. The van der Waals surface area contributed by atoms with Gasteiger partial charge in [0.1, 0.15) is 11.9 Å².